The molecule has 5 heteroatoms. The molecule has 0 unspecified atom stereocenters. The van der Waals surface area contributed by atoms with Gasteiger partial charge in [-0.15, -0.1) is 0 Å². The molecule has 112 valence electrons. The van der Waals surface area contributed by atoms with E-state index in [1.54, 1.807) is 12.3 Å². The number of rotatable bonds is 6. The highest BCUT2D eigenvalue weighted by Crippen LogP contribution is 2.26. The Labute approximate surface area is 124 Å². The van der Waals surface area contributed by atoms with Crippen molar-refractivity contribution in [2.45, 2.75) is 32.0 Å². The van der Waals surface area contributed by atoms with Crippen LogP contribution in [0.3, 0.4) is 0 Å². The van der Waals surface area contributed by atoms with E-state index in [2.05, 4.69) is 15.2 Å². The lowest BCUT2D eigenvalue weighted by Crippen LogP contribution is -2.23. The average Bonchev–Trinajstić information content (AvgIpc) is 3.21. The van der Waals surface area contributed by atoms with E-state index in [0.717, 1.165) is 17.1 Å². The minimum absolute atomic E-state index is 0.146. The first-order chi connectivity index (χ1) is 10.1. The number of aromatic nitrogens is 2. The van der Waals surface area contributed by atoms with E-state index in [-0.39, 0.29) is 5.82 Å². The molecular weight excluding hydrogens is 267 g/mol. The molecule has 4 nitrogen and oxygen atoms in total. The van der Waals surface area contributed by atoms with Gasteiger partial charge in [0.05, 0.1) is 6.54 Å². The molecule has 0 amide bonds. The van der Waals surface area contributed by atoms with Crippen LogP contribution in [0.15, 0.2) is 30.6 Å². The topological polar surface area (TPSA) is 33.1 Å². The molecule has 0 radical (unpaired) electrons. The Hall–Kier alpha value is -1.88. The van der Waals surface area contributed by atoms with Crippen LogP contribution in [0, 0.1) is 5.82 Å². The molecule has 0 atom stereocenters. The summed E-state index contributed by atoms with van der Waals surface area (Å²) in [4.78, 5) is 6.38. The average molecular weight is 288 g/mol. The molecule has 0 saturated heterocycles. The molecule has 1 aromatic carbocycles. The SMILES string of the molecule is CN(Cc1nccn1C)c1cccc(F)c1CNC1CC1. The van der Waals surface area contributed by atoms with Gasteiger partial charge < -0.3 is 14.8 Å². The Morgan fingerprint density at radius 3 is 2.90 bits per heavy atom. The van der Waals surface area contributed by atoms with Crippen LogP contribution in [0.1, 0.15) is 24.2 Å². The molecule has 0 aliphatic heterocycles. The van der Waals surface area contributed by atoms with Crippen LogP contribution >= 0.6 is 0 Å². The molecule has 1 fully saturated rings. The fourth-order valence-corrected chi connectivity index (χ4v) is 2.46. The standard InChI is InChI=1S/C16H21FN4/c1-20-9-8-18-16(20)11-21(2)15-5-3-4-14(17)13(15)10-19-12-6-7-12/h3-5,8-9,12,19H,6-7,10-11H2,1-2H3. The lowest BCUT2D eigenvalue weighted by Gasteiger charge is -2.23. The van der Waals surface area contributed by atoms with Gasteiger partial charge in [0.2, 0.25) is 0 Å². The van der Waals surface area contributed by atoms with Crippen molar-refractivity contribution in [1.29, 1.82) is 0 Å². The van der Waals surface area contributed by atoms with Gasteiger partial charge in [-0.1, -0.05) is 6.07 Å². The van der Waals surface area contributed by atoms with Crippen molar-refractivity contribution in [3.8, 4) is 0 Å². The maximum atomic E-state index is 14.2. The summed E-state index contributed by atoms with van der Waals surface area (Å²) in [7, 11) is 3.95. The molecule has 1 heterocycles. The largest absolute Gasteiger partial charge is 0.367 e. The highest BCUT2D eigenvalue weighted by atomic mass is 19.1. The van der Waals surface area contributed by atoms with Gasteiger partial charge in [0, 0.05) is 50.3 Å². The molecule has 0 spiro atoms. The van der Waals surface area contributed by atoms with Gasteiger partial charge in [-0.05, 0) is 25.0 Å². The molecule has 1 aromatic heterocycles. The van der Waals surface area contributed by atoms with E-state index in [4.69, 9.17) is 0 Å². The van der Waals surface area contributed by atoms with E-state index in [1.807, 2.05) is 30.9 Å². The van der Waals surface area contributed by atoms with E-state index < -0.39 is 0 Å². The predicted octanol–water partition coefficient (Wildman–Crippen LogP) is 2.45. The Bertz CT molecular complexity index is 618. The number of imidazole rings is 1. The van der Waals surface area contributed by atoms with E-state index in [0.29, 0.717) is 19.1 Å². The first-order valence-corrected chi connectivity index (χ1v) is 7.33. The van der Waals surface area contributed by atoms with E-state index in [9.17, 15) is 4.39 Å². The number of halogens is 1. The summed E-state index contributed by atoms with van der Waals surface area (Å²) >= 11 is 0. The van der Waals surface area contributed by atoms with Crippen molar-refractivity contribution in [3.63, 3.8) is 0 Å². The predicted molar refractivity (Wildman–Crippen MR) is 81.6 cm³/mol. The number of hydrogen-bond acceptors (Lipinski definition) is 3. The van der Waals surface area contributed by atoms with Gasteiger partial charge in [-0.2, -0.15) is 0 Å². The number of aryl methyl sites for hydroxylation is 1. The zero-order chi connectivity index (χ0) is 14.8. The third kappa shape index (κ3) is 3.24. The van der Waals surface area contributed by atoms with Crippen LogP contribution in [-0.2, 0) is 20.1 Å². The molecule has 0 bridgehead atoms. The maximum Gasteiger partial charge on any atom is 0.129 e. The number of benzene rings is 1. The van der Waals surface area contributed by atoms with Crippen LogP contribution < -0.4 is 10.2 Å². The number of nitrogens with zero attached hydrogens (tertiary/aromatic N) is 3. The third-order valence-electron chi connectivity index (χ3n) is 3.95. The molecule has 3 rings (SSSR count). The highest BCUT2D eigenvalue weighted by molar-refractivity contribution is 5.53. The van der Waals surface area contributed by atoms with Crippen molar-refractivity contribution in [2.24, 2.45) is 7.05 Å². The summed E-state index contributed by atoms with van der Waals surface area (Å²) < 4.78 is 16.1. The first-order valence-electron chi connectivity index (χ1n) is 7.33. The van der Waals surface area contributed by atoms with Crippen molar-refractivity contribution in [1.82, 2.24) is 14.9 Å². The van der Waals surface area contributed by atoms with Gasteiger partial charge in [-0.3, -0.25) is 0 Å². The summed E-state index contributed by atoms with van der Waals surface area (Å²) in [5, 5.41) is 3.39. The first kappa shape index (κ1) is 14.1. The summed E-state index contributed by atoms with van der Waals surface area (Å²) in [6, 6.07) is 5.83. The van der Waals surface area contributed by atoms with Crippen molar-refractivity contribution < 1.29 is 4.39 Å². The normalized spacial score (nSPS) is 14.4. The summed E-state index contributed by atoms with van der Waals surface area (Å²) in [5.74, 6) is 0.815. The number of anilines is 1. The molecule has 2 aromatic rings. The fraction of sp³-hybridized carbons (Fsp3) is 0.438. The highest BCUT2D eigenvalue weighted by Gasteiger charge is 2.22. The minimum Gasteiger partial charge on any atom is -0.367 e. The Kier molecular flexibility index (Phi) is 3.92. The zero-order valence-electron chi connectivity index (χ0n) is 12.5. The van der Waals surface area contributed by atoms with Crippen LogP contribution in [0.5, 0.6) is 0 Å². The monoisotopic (exact) mass is 288 g/mol. The van der Waals surface area contributed by atoms with Crippen LogP contribution in [0.4, 0.5) is 10.1 Å². The molecule has 1 aliphatic carbocycles. The quantitative estimate of drug-likeness (QED) is 0.886. The van der Waals surface area contributed by atoms with Gasteiger partial charge in [0.15, 0.2) is 0 Å². The second kappa shape index (κ2) is 5.85. The van der Waals surface area contributed by atoms with Crippen LogP contribution in [0.2, 0.25) is 0 Å². The van der Waals surface area contributed by atoms with Gasteiger partial charge in [-0.25, -0.2) is 9.37 Å². The Morgan fingerprint density at radius 1 is 1.43 bits per heavy atom. The number of nitrogens with one attached hydrogen (secondary N) is 1. The van der Waals surface area contributed by atoms with E-state index >= 15 is 0 Å². The fourth-order valence-electron chi connectivity index (χ4n) is 2.46. The summed E-state index contributed by atoms with van der Waals surface area (Å²) in [5.41, 5.74) is 1.66. The van der Waals surface area contributed by atoms with E-state index in [1.165, 1.54) is 18.9 Å². The molecular formula is C16H21FN4. The van der Waals surface area contributed by atoms with Crippen molar-refractivity contribution in [2.75, 3.05) is 11.9 Å². The zero-order valence-corrected chi connectivity index (χ0v) is 12.5. The third-order valence-corrected chi connectivity index (χ3v) is 3.95. The molecule has 1 N–H and O–H groups in total. The number of hydrogen-bond donors (Lipinski definition) is 1. The second-order valence-electron chi connectivity index (χ2n) is 5.70. The molecule has 21 heavy (non-hydrogen) atoms. The van der Waals surface area contributed by atoms with Crippen molar-refractivity contribution >= 4 is 5.69 Å². The molecule has 1 saturated carbocycles. The van der Waals surface area contributed by atoms with Crippen molar-refractivity contribution in [3.05, 3.63) is 47.8 Å². The van der Waals surface area contributed by atoms with Gasteiger partial charge >= 0.3 is 0 Å². The smallest absolute Gasteiger partial charge is 0.129 e. The summed E-state index contributed by atoms with van der Waals surface area (Å²) in [6.45, 7) is 1.24. The maximum absolute atomic E-state index is 14.2. The Balaban J connectivity index is 1.79. The Morgan fingerprint density at radius 2 is 2.24 bits per heavy atom. The minimum atomic E-state index is -0.146. The molecule has 1 aliphatic rings. The lowest BCUT2D eigenvalue weighted by molar-refractivity contribution is 0.585. The second-order valence-corrected chi connectivity index (χ2v) is 5.70. The van der Waals surface area contributed by atoms with Crippen LogP contribution in [-0.4, -0.2) is 22.6 Å². The van der Waals surface area contributed by atoms with Gasteiger partial charge in [0.1, 0.15) is 11.6 Å². The summed E-state index contributed by atoms with van der Waals surface area (Å²) in [6.07, 6.45) is 6.11. The lowest BCUT2D eigenvalue weighted by atomic mass is 10.1. The van der Waals surface area contributed by atoms with Crippen LogP contribution in [0.25, 0.3) is 0 Å². The van der Waals surface area contributed by atoms with Gasteiger partial charge in [0.25, 0.3) is 0 Å².